The Hall–Kier alpha value is -2.83. The van der Waals surface area contributed by atoms with E-state index in [9.17, 15) is 14.4 Å². The molecule has 7 nitrogen and oxygen atoms in total. The molecular weight excluding hydrogens is 248 g/mol. The third-order valence-corrected chi connectivity index (χ3v) is 2.30. The Morgan fingerprint density at radius 1 is 1.11 bits per heavy atom. The number of hydrogen-bond donors (Lipinski definition) is 4. The summed E-state index contributed by atoms with van der Waals surface area (Å²) in [5.74, 6) is -0.155. The summed E-state index contributed by atoms with van der Waals surface area (Å²) < 4.78 is 0. The Labute approximate surface area is 107 Å². The van der Waals surface area contributed by atoms with E-state index in [0.29, 0.717) is 11.4 Å². The highest BCUT2D eigenvalue weighted by Gasteiger charge is 2.01. The van der Waals surface area contributed by atoms with Gasteiger partial charge in [0.25, 0.3) is 5.56 Å². The van der Waals surface area contributed by atoms with Crippen molar-refractivity contribution in [3.63, 3.8) is 0 Å². The van der Waals surface area contributed by atoms with Crippen molar-refractivity contribution in [1.29, 1.82) is 0 Å². The summed E-state index contributed by atoms with van der Waals surface area (Å²) in [6.07, 6.45) is 1.29. The maximum absolute atomic E-state index is 11.5. The van der Waals surface area contributed by atoms with Gasteiger partial charge in [-0.15, -0.1) is 0 Å². The number of hydrogen-bond acceptors (Lipinski definition) is 4. The molecule has 1 aromatic carbocycles. The normalized spacial score (nSPS) is 9.95. The summed E-state index contributed by atoms with van der Waals surface area (Å²) in [4.78, 5) is 37.7. The molecule has 0 fully saturated rings. The lowest BCUT2D eigenvalue weighted by Crippen LogP contribution is -2.23. The second kappa shape index (κ2) is 5.21. The predicted octanol–water partition coefficient (Wildman–Crippen LogP) is 0.765. The van der Waals surface area contributed by atoms with Gasteiger partial charge in [0.1, 0.15) is 5.69 Å². The Bertz CT molecular complexity index is 700. The molecule has 1 aromatic heterocycles. The summed E-state index contributed by atoms with van der Waals surface area (Å²) in [6.45, 7) is 1.42. The second-order valence-corrected chi connectivity index (χ2v) is 3.87. The number of nitrogens with one attached hydrogen (secondary N) is 4. The highest BCUT2D eigenvalue weighted by atomic mass is 16.2. The number of anilines is 3. The summed E-state index contributed by atoms with van der Waals surface area (Å²) in [5.41, 5.74) is 0.484. The number of carbonyl (C=O) groups excluding carboxylic acids is 1. The van der Waals surface area contributed by atoms with E-state index >= 15 is 0 Å². The van der Waals surface area contributed by atoms with Gasteiger partial charge in [0, 0.05) is 24.5 Å². The molecule has 0 saturated heterocycles. The van der Waals surface area contributed by atoms with E-state index in [2.05, 4.69) is 20.6 Å². The standard InChI is InChI=1S/C12H12N4O3/c1-7(17)14-8-2-4-9(5-3-8)15-10-6-13-12(19)16-11(10)18/h2-6,15H,1H3,(H,14,17)(H2,13,16,18,19). The largest absolute Gasteiger partial charge is 0.350 e. The molecule has 0 saturated carbocycles. The van der Waals surface area contributed by atoms with Gasteiger partial charge in [0.05, 0.1) is 0 Å². The molecule has 7 heteroatoms. The minimum absolute atomic E-state index is 0.155. The second-order valence-electron chi connectivity index (χ2n) is 3.87. The van der Waals surface area contributed by atoms with Gasteiger partial charge < -0.3 is 15.6 Å². The van der Waals surface area contributed by atoms with Crippen LogP contribution in [0.25, 0.3) is 0 Å². The van der Waals surface area contributed by atoms with Crippen molar-refractivity contribution in [3.8, 4) is 0 Å². The molecule has 1 heterocycles. The molecule has 4 N–H and O–H groups in total. The number of rotatable bonds is 3. The van der Waals surface area contributed by atoms with Crippen LogP contribution in [0.3, 0.4) is 0 Å². The number of aromatic nitrogens is 2. The van der Waals surface area contributed by atoms with E-state index < -0.39 is 11.2 Å². The molecule has 0 aliphatic carbocycles. The lowest BCUT2D eigenvalue weighted by Gasteiger charge is -2.06. The first kappa shape index (κ1) is 12.6. The smallest absolute Gasteiger partial charge is 0.325 e. The van der Waals surface area contributed by atoms with Crippen molar-refractivity contribution in [3.05, 3.63) is 51.3 Å². The zero-order valence-corrected chi connectivity index (χ0v) is 10.1. The third-order valence-electron chi connectivity index (χ3n) is 2.30. The Kier molecular flexibility index (Phi) is 3.46. The number of aromatic amines is 2. The quantitative estimate of drug-likeness (QED) is 0.653. The summed E-state index contributed by atoms with van der Waals surface area (Å²) >= 11 is 0. The third kappa shape index (κ3) is 3.32. The fourth-order valence-electron chi connectivity index (χ4n) is 1.50. The fraction of sp³-hybridized carbons (Fsp3) is 0.0833. The molecule has 19 heavy (non-hydrogen) atoms. The first-order chi connectivity index (χ1) is 9.04. The van der Waals surface area contributed by atoms with E-state index in [1.165, 1.54) is 13.1 Å². The lowest BCUT2D eigenvalue weighted by atomic mass is 10.2. The molecule has 0 aliphatic heterocycles. The van der Waals surface area contributed by atoms with Gasteiger partial charge in [0.15, 0.2) is 0 Å². The Morgan fingerprint density at radius 3 is 2.32 bits per heavy atom. The van der Waals surface area contributed by atoms with Gasteiger partial charge in [-0.05, 0) is 24.3 Å². The van der Waals surface area contributed by atoms with Crippen molar-refractivity contribution in [2.45, 2.75) is 6.92 Å². The topological polar surface area (TPSA) is 107 Å². The number of carbonyl (C=O) groups is 1. The summed E-state index contributed by atoms with van der Waals surface area (Å²) in [7, 11) is 0. The van der Waals surface area contributed by atoms with Crippen molar-refractivity contribution in [2.24, 2.45) is 0 Å². The maximum atomic E-state index is 11.5. The van der Waals surface area contributed by atoms with Crippen LogP contribution in [0.15, 0.2) is 40.1 Å². The molecule has 0 radical (unpaired) electrons. The first-order valence-electron chi connectivity index (χ1n) is 5.51. The van der Waals surface area contributed by atoms with Gasteiger partial charge in [0.2, 0.25) is 5.91 Å². The molecule has 0 spiro atoms. The van der Waals surface area contributed by atoms with E-state index in [1.807, 2.05) is 0 Å². The zero-order chi connectivity index (χ0) is 13.8. The molecule has 0 atom stereocenters. The van der Waals surface area contributed by atoms with Gasteiger partial charge in [-0.3, -0.25) is 14.6 Å². The molecule has 2 aromatic rings. The molecule has 2 rings (SSSR count). The number of H-pyrrole nitrogens is 2. The molecular formula is C12H12N4O3. The Morgan fingerprint density at radius 2 is 1.74 bits per heavy atom. The van der Waals surface area contributed by atoms with Crippen molar-refractivity contribution < 1.29 is 4.79 Å². The minimum Gasteiger partial charge on any atom is -0.350 e. The van der Waals surface area contributed by atoms with Crippen molar-refractivity contribution >= 4 is 23.0 Å². The first-order valence-corrected chi connectivity index (χ1v) is 5.51. The van der Waals surface area contributed by atoms with Crippen LogP contribution in [0.1, 0.15) is 6.92 Å². The highest BCUT2D eigenvalue weighted by molar-refractivity contribution is 5.88. The average Bonchev–Trinajstić information content (AvgIpc) is 2.34. The minimum atomic E-state index is -0.559. The number of amides is 1. The monoisotopic (exact) mass is 260 g/mol. The van der Waals surface area contributed by atoms with Gasteiger partial charge >= 0.3 is 5.69 Å². The lowest BCUT2D eigenvalue weighted by molar-refractivity contribution is -0.114. The highest BCUT2D eigenvalue weighted by Crippen LogP contribution is 2.15. The van der Waals surface area contributed by atoms with E-state index in [-0.39, 0.29) is 11.6 Å². The van der Waals surface area contributed by atoms with Crippen LogP contribution in [0.5, 0.6) is 0 Å². The average molecular weight is 260 g/mol. The van der Waals surface area contributed by atoms with Crippen molar-refractivity contribution in [1.82, 2.24) is 9.97 Å². The van der Waals surface area contributed by atoms with E-state index in [1.54, 1.807) is 24.3 Å². The van der Waals surface area contributed by atoms with Crippen molar-refractivity contribution in [2.75, 3.05) is 10.6 Å². The molecule has 1 amide bonds. The van der Waals surface area contributed by atoms with Crippen LogP contribution in [0.2, 0.25) is 0 Å². The fourth-order valence-corrected chi connectivity index (χ4v) is 1.50. The van der Waals surface area contributed by atoms with Crippen LogP contribution in [0, 0.1) is 0 Å². The van der Waals surface area contributed by atoms with Gasteiger partial charge in [-0.2, -0.15) is 0 Å². The van der Waals surface area contributed by atoms with E-state index in [4.69, 9.17) is 0 Å². The molecule has 0 unspecified atom stereocenters. The zero-order valence-electron chi connectivity index (χ0n) is 10.1. The molecule has 0 aliphatic rings. The van der Waals surface area contributed by atoms with Gasteiger partial charge in [-0.1, -0.05) is 0 Å². The van der Waals surface area contributed by atoms with E-state index in [0.717, 1.165) is 0 Å². The molecule has 0 bridgehead atoms. The molecule has 98 valence electrons. The van der Waals surface area contributed by atoms with Crippen LogP contribution in [-0.2, 0) is 4.79 Å². The SMILES string of the molecule is CC(=O)Nc1ccc(Nc2c[nH]c(=O)[nH]c2=O)cc1. The maximum Gasteiger partial charge on any atom is 0.325 e. The Balaban J connectivity index is 2.17. The number of benzene rings is 1. The van der Waals surface area contributed by atoms with Crippen LogP contribution in [0.4, 0.5) is 17.1 Å². The van der Waals surface area contributed by atoms with Crippen LogP contribution < -0.4 is 21.9 Å². The summed E-state index contributed by atoms with van der Waals surface area (Å²) in [6, 6.07) is 6.80. The van der Waals surface area contributed by atoms with Crippen LogP contribution >= 0.6 is 0 Å². The van der Waals surface area contributed by atoms with Crippen LogP contribution in [-0.4, -0.2) is 15.9 Å². The van der Waals surface area contributed by atoms with Gasteiger partial charge in [-0.25, -0.2) is 4.79 Å². The predicted molar refractivity (Wildman–Crippen MR) is 71.7 cm³/mol. The summed E-state index contributed by atoms with van der Waals surface area (Å²) in [5, 5.41) is 5.49.